The largest absolute Gasteiger partial charge is 0.263 e. The molecular weight excluding hydrogens is 289 g/mol. The first-order valence-electron chi connectivity index (χ1n) is 7.87. The second-order valence-electron chi connectivity index (χ2n) is 7.42. The second-order valence-corrected chi connectivity index (χ2v) is 8.35. The van der Waals surface area contributed by atoms with Gasteiger partial charge >= 0.3 is 0 Å². The average molecular weight is 310 g/mol. The maximum absolute atomic E-state index is 6.93. The zero-order valence-electron chi connectivity index (χ0n) is 11.7. The molecule has 20 heavy (non-hydrogen) atoms. The third-order valence-electron chi connectivity index (χ3n) is 6.01. The Morgan fingerprint density at radius 3 is 2.30 bits per heavy atom. The van der Waals surface area contributed by atoms with Crippen molar-refractivity contribution in [3.63, 3.8) is 0 Å². The fourth-order valence-electron chi connectivity index (χ4n) is 5.54. The number of halogens is 2. The lowest BCUT2D eigenvalue weighted by atomic mass is 9.48. The Bertz CT molecular complexity index is 478. The first-order valence-corrected chi connectivity index (χ1v) is 8.68. The van der Waals surface area contributed by atoms with E-state index in [-0.39, 0.29) is 5.38 Å². The van der Waals surface area contributed by atoms with Gasteiger partial charge in [-0.2, -0.15) is 0 Å². The number of rotatable bonds is 3. The minimum absolute atomic E-state index is 0.232. The van der Waals surface area contributed by atoms with E-state index in [0.29, 0.717) is 5.41 Å². The number of nitrogens with zero attached hydrogens (tertiary/aromatic N) is 1. The van der Waals surface area contributed by atoms with Crippen LogP contribution in [0.1, 0.15) is 44.1 Å². The van der Waals surface area contributed by atoms with Crippen molar-refractivity contribution in [3.05, 3.63) is 29.0 Å². The Kier molecular flexibility index (Phi) is 3.27. The molecule has 108 valence electrons. The van der Waals surface area contributed by atoms with Gasteiger partial charge in [0.1, 0.15) is 0 Å². The molecule has 1 aromatic heterocycles. The fraction of sp³-hybridized carbons (Fsp3) is 0.706. The van der Waals surface area contributed by atoms with E-state index in [1.165, 1.54) is 38.5 Å². The molecule has 1 aromatic rings. The molecular formula is C17H21Cl2N. The van der Waals surface area contributed by atoms with E-state index in [0.717, 1.165) is 34.8 Å². The monoisotopic (exact) mass is 309 g/mol. The third kappa shape index (κ3) is 2.18. The number of alkyl halides is 1. The molecule has 0 aromatic carbocycles. The molecule has 4 fully saturated rings. The zero-order chi connectivity index (χ0) is 13.7. The highest BCUT2D eigenvalue weighted by Gasteiger charge is 2.53. The lowest BCUT2D eigenvalue weighted by Crippen LogP contribution is -2.50. The van der Waals surface area contributed by atoms with Gasteiger partial charge in [-0.25, -0.2) is 0 Å². The van der Waals surface area contributed by atoms with Crippen LogP contribution >= 0.6 is 23.2 Å². The molecule has 4 aliphatic rings. The van der Waals surface area contributed by atoms with Crippen LogP contribution in [0.3, 0.4) is 0 Å². The van der Waals surface area contributed by atoms with Crippen LogP contribution in [0.5, 0.6) is 0 Å². The summed E-state index contributed by atoms with van der Waals surface area (Å²) in [5.41, 5.74) is 1.56. The van der Waals surface area contributed by atoms with E-state index in [4.69, 9.17) is 23.2 Å². The van der Waals surface area contributed by atoms with Gasteiger partial charge in [-0.1, -0.05) is 11.6 Å². The van der Waals surface area contributed by atoms with Crippen molar-refractivity contribution < 1.29 is 0 Å². The summed E-state index contributed by atoms with van der Waals surface area (Å²) in [5.74, 6) is 2.86. The van der Waals surface area contributed by atoms with Gasteiger partial charge in [-0.15, -0.1) is 11.6 Å². The van der Waals surface area contributed by atoms with Gasteiger partial charge in [-0.3, -0.25) is 4.98 Å². The van der Waals surface area contributed by atoms with Gasteiger partial charge in [0.05, 0.1) is 5.02 Å². The maximum Gasteiger partial charge on any atom is 0.0621 e. The number of hydrogen-bond acceptors (Lipinski definition) is 1. The van der Waals surface area contributed by atoms with Crippen LogP contribution < -0.4 is 0 Å². The molecule has 4 aliphatic carbocycles. The molecule has 1 heterocycles. The minimum Gasteiger partial charge on any atom is -0.263 e. The summed E-state index contributed by atoms with van der Waals surface area (Å²) in [6.45, 7) is 0. The average Bonchev–Trinajstić information content (AvgIpc) is 2.40. The van der Waals surface area contributed by atoms with Crippen molar-refractivity contribution in [3.8, 4) is 0 Å². The highest BCUT2D eigenvalue weighted by Crippen LogP contribution is 2.62. The van der Waals surface area contributed by atoms with Gasteiger partial charge in [0.2, 0.25) is 0 Å². The van der Waals surface area contributed by atoms with E-state index in [9.17, 15) is 0 Å². The molecule has 0 saturated heterocycles. The molecule has 1 atom stereocenters. The zero-order valence-corrected chi connectivity index (χ0v) is 13.2. The van der Waals surface area contributed by atoms with Crippen molar-refractivity contribution in [1.29, 1.82) is 0 Å². The highest BCUT2D eigenvalue weighted by molar-refractivity contribution is 6.31. The van der Waals surface area contributed by atoms with Gasteiger partial charge in [0, 0.05) is 17.8 Å². The molecule has 3 heteroatoms. The lowest BCUT2D eigenvalue weighted by molar-refractivity contribution is -0.0545. The first-order chi connectivity index (χ1) is 9.64. The van der Waals surface area contributed by atoms with E-state index >= 15 is 0 Å². The Morgan fingerprint density at radius 1 is 1.15 bits per heavy atom. The number of aromatic nitrogens is 1. The molecule has 4 saturated carbocycles. The molecule has 1 nitrogen and oxygen atoms in total. The van der Waals surface area contributed by atoms with Crippen molar-refractivity contribution in [2.75, 3.05) is 0 Å². The predicted molar refractivity (Wildman–Crippen MR) is 83.2 cm³/mol. The van der Waals surface area contributed by atoms with Gasteiger partial charge in [0.15, 0.2) is 0 Å². The normalized spacial score (nSPS) is 40.0. The fourth-order valence-corrected chi connectivity index (χ4v) is 6.17. The Hall–Kier alpha value is -0.270. The first kappa shape index (κ1) is 13.4. The Labute approximate surface area is 131 Å². The molecule has 0 amide bonds. The summed E-state index contributed by atoms with van der Waals surface area (Å²) in [7, 11) is 0. The van der Waals surface area contributed by atoms with Crippen molar-refractivity contribution in [2.45, 2.75) is 50.3 Å². The summed E-state index contributed by atoms with van der Waals surface area (Å²) in [4.78, 5) is 4.07. The summed E-state index contributed by atoms with van der Waals surface area (Å²) in [5, 5.41) is 0.999. The van der Waals surface area contributed by atoms with Crippen LogP contribution in [0, 0.1) is 23.2 Å². The standard InChI is InChI=1S/C17H21Cl2N/c18-15-10-20-2-1-14(15)6-16(19)17-7-11-3-12(8-17)5-13(4-11)9-17/h1-2,10-13,16H,3-9H2. The molecule has 0 radical (unpaired) electrons. The van der Waals surface area contributed by atoms with Crippen molar-refractivity contribution in [2.24, 2.45) is 23.2 Å². The van der Waals surface area contributed by atoms with E-state index in [1.807, 2.05) is 12.3 Å². The molecule has 0 spiro atoms. The highest BCUT2D eigenvalue weighted by atomic mass is 35.5. The summed E-state index contributed by atoms with van der Waals surface area (Å²) in [6, 6.07) is 2.03. The molecule has 4 bridgehead atoms. The van der Waals surface area contributed by atoms with Crippen LogP contribution in [0.15, 0.2) is 18.5 Å². The topological polar surface area (TPSA) is 12.9 Å². The van der Waals surface area contributed by atoms with Crippen LogP contribution in [0.2, 0.25) is 5.02 Å². The summed E-state index contributed by atoms with van der Waals surface area (Å²) < 4.78 is 0. The van der Waals surface area contributed by atoms with Crippen LogP contribution in [0.25, 0.3) is 0 Å². The lowest BCUT2D eigenvalue weighted by Gasteiger charge is -2.58. The predicted octanol–water partition coefficient (Wildman–Crippen LogP) is 5.10. The summed E-state index contributed by atoms with van der Waals surface area (Å²) >= 11 is 13.2. The molecule has 0 N–H and O–H groups in total. The van der Waals surface area contributed by atoms with Crippen molar-refractivity contribution in [1.82, 2.24) is 4.98 Å². The van der Waals surface area contributed by atoms with Crippen LogP contribution in [-0.4, -0.2) is 10.4 Å². The van der Waals surface area contributed by atoms with E-state index in [1.54, 1.807) is 6.20 Å². The third-order valence-corrected chi connectivity index (χ3v) is 6.96. The molecule has 0 aliphatic heterocycles. The van der Waals surface area contributed by atoms with Gasteiger partial charge in [-0.05, 0) is 79.7 Å². The molecule has 5 rings (SSSR count). The summed E-state index contributed by atoms with van der Waals surface area (Å²) in [6.07, 6.45) is 12.9. The Balaban J connectivity index is 1.56. The maximum atomic E-state index is 6.93. The van der Waals surface area contributed by atoms with Gasteiger partial charge < -0.3 is 0 Å². The van der Waals surface area contributed by atoms with Crippen molar-refractivity contribution >= 4 is 23.2 Å². The van der Waals surface area contributed by atoms with E-state index in [2.05, 4.69) is 4.98 Å². The quantitative estimate of drug-likeness (QED) is 0.708. The van der Waals surface area contributed by atoms with Crippen LogP contribution in [0.4, 0.5) is 0 Å². The second kappa shape index (κ2) is 4.88. The van der Waals surface area contributed by atoms with Gasteiger partial charge in [0.25, 0.3) is 0 Å². The Morgan fingerprint density at radius 2 is 1.75 bits per heavy atom. The smallest absolute Gasteiger partial charge is 0.0621 e. The van der Waals surface area contributed by atoms with E-state index < -0.39 is 0 Å². The number of hydrogen-bond donors (Lipinski definition) is 0. The minimum atomic E-state index is 0.232. The molecule has 1 unspecified atom stereocenters. The SMILES string of the molecule is Clc1cnccc1CC(Cl)C12CC3CC(CC(C3)C1)C2. The van der Waals surface area contributed by atoms with Crippen LogP contribution in [-0.2, 0) is 6.42 Å². The number of pyridine rings is 1.